The van der Waals surface area contributed by atoms with E-state index < -0.39 is 0 Å². The fourth-order valence-electron chi connectivity index (χ4n) is 2.35. The predicted molar refractivity (Wildman–Crippen MR) is 77.7 cm³/mol. The fourth-order valence-corrected chi connectivity index (χ4v) is 2.35. The van der Waals surface area contributed by atoms with Crippen molar-refractivity contribution in [3.63, 3.8) is 0 Å². The van der Waals surface area contributed by atoms with Crippen LogP contribution in [0.25, 0.3) is 0 Å². The molecule has 1 aromatic rings. The van der Waals surface area contributed by atoms with Gasteiger partial charge in [-0.05, 0) is 50.3 Å². The average molecular weight is 277 g/mol. The van der Waals surface area contributed by atoms with Crippen molar-refractivity contribution in [3.05, 3.63) is 29.8 Å². The summed E-state index contributed by atoms with van der Waals surface area (Å²) in [5.74, 6) is 1.27. The van der Waals surface area contributed by atoms with Crippen LogP contribution < -0.4 is 10.1 Å². The third-order valence-corrected chi connectivity index (χ3v) is 3.64. The fraction of sp³-hybridized carbons (Fsp3) is 0.562. The molecule has 1 aliphatic rings. The van der Waals surface area contributed by atoms with Crippen molar-refractivity contribution in [2.75, 3.05) is 13.7 Å². The molecule has 1 fully saturated rings. The highest BCUT2D eigenvalue weighted by Crippen LogP contribution is 2.41. The molecular formula is C16H23NO3. The number of methoxy groups -OCH3 is 1. The summed E-state index contributed by atoms with van der Waals surface area (Å²) in [5, 5.41) is 3.40. The summed E-state index contributed by atoms with van der Waals surface area (Å²) in [4.78, 5) is 11.7. The molecule has 1 N–H and O–H groups in total. The smallest absolute Gasteiger partial charge is 0.322 e. The molecule has 0 radical (unpaired) electrons. The first-order valence-electron chi connectivity index (χ1n) is 7.22. The topological polar surface area (TPSA) is 47.6 Å². The molecule has 2 atom stereocenters. The number of ether oxygens (including phenoxy) is 2. The van der Waals surface area contributed by atoms with Crippen LogP contribution in [0.2, 0.25) is 0 Å². The Balaban J connectivity index is 2.04. The molecule has 0 amide bonds. The van der Waals surface area contributed by atoms with Crippen LogP contribution in [0.1, 0.15) is 38.3 Å². The van der Waals surface area contributed by atoms with Crippen LogP contribution >= 0.6 is 0 Å². The monoisotopic (exact) mass is 277 g/mol. The molecule has 0 heterocycles. The Hall–Kier alpha value is -1.55. The molecule has 1 aliphatic carbocycles. The number of carbonyl (C=O) groups is 1. The highest BCUT2D eigenvalue weighted by atomic mass is 16.5. The summed E-state index contributed by atoms with van der Waals surface area (Å²) in [6.07, 6.45) is 2.42. The van der Waals surface area contributed by atoms with E-state index in [1.165, 1.54) is 18.4 Å². The van der Waals surface area contributed by atoms with Gasteiger partial charge in [-0.25, -0.2) is 0 Å². The largest absolute Gasteiger partial charge is 0.497 e. The van der Waals surface area contributed by atoms with Gasteiger partial charge in [-0.2, -0.15) is 0 Å². The van der Waals surface area contributed by atoms with Crippen molar-refractivity contribution in [1.82, 2.24) is 5.32 Å². The molecule has 2 unspecified atom stereocenters. The van der Waals surface area contributed by atoms with E-state index in [1.54, 1.807) is 7.11 Å². The molecular weight excluding hydrogens is 254 g/mol. The lowest BCUT2D eigenvalue weighted by atomic mass is 10.0. The standard InChI is InChI=1S/C16H23NO3/c1-4-20-16(18)11(2)17-15(12-5-6-12)13-7-9-14(19-3)10-8-13/h7-12,15,17H,4-6H2,1-3H3. The second-order valence-corrected chi connectivity index (χ2v) is 5.23. The summed E-state index contributed by atoms with van der Waals surface area (Å²) in [6.45, 7) is 4.10. The van der Waals surface area contributed by atoms with Gasteiger partial charge in [0.1, 0.15) is 11.8 Å². The minimum absolute atomic E-state index is 0.188. The van der Waals surface area contributed by atoms with Crippen LogP contribution in [0.3, 0.4) is 0 Å². The van der Waals surface area contributed by atoms with Crippen molar-refractivity contribution >= 4 is 5.97 Å². The molecule has 110 valence electrons. The molecule has 0 aliphatic heterocycles. The van der Waals surface area contributed by atoms with E-state index in [0.717, 1.165) is 5.75 Å². The van der Waals surface area contributed by atoms with Gasteiger partial charge >= 0.3 is 5.97 Å². The first kappa shape index (κ1) is 14.9. The SMILES string of the molecule is CCOC(=O)C(C)NC(c1ccc(OC)cc1)C1CC1. The van der Waals surface area contributed by atoms with E-state index in [0.29, 0.717) is 12.5 Å². The maximum absolute atomic E-state index is 11.7. The number of nitrogens with one attached hydrogen (secondary N) is 1. The summed E-state index contributed by atoms with van der Waals surface area (Å²) in [7, 11) is 1.66. The van der Waals surface area contributed by atoms with Gasteiger partial charge in [0.15, 0.2) is 0 Å². The lowest BCUT2D eigenvalue weighted by Crippen LogP contribution is -2.38. The molecule has 1 saturated carbocycles. The summed E-state index contributed by atoms with van der Waals surface area (Å²) < 4.78 is 10.2. The van der Waals surface area contributed by atoms with Gasteiger partial charge in [-0.3, -0.25) is 10.1 Å². The highest BCUT2D eigenvalue weighted by Gasteiger charge is 2.34. The molecule has 20 heavy (non-hydrogen) atoms. The Morgan fingerprint density at radius 2 is 2.00 bits per heavy atom. The molecule has 0 saturated heterocycles. The number of carbonyl (C=O) groups excluding carboxylic acids is 1. The molecule has 4 heteroatoms. The second-order valence-electron chi connectivity index (χ2n) is 5.23. The summed E-state index contributed by atoms with van der Waals surface area (Å²) in [6, 6.07) is 7.96. The number of hydrogen-bond acceptors (Lipinski definition) is 4. The van der Waals surface area contributed by atoms with E-state index >= 15 is 0 Å². The normalized spacial score (nSPS) is 17.4. The highest BCUT2D eigenvalue weighted by molar-refractivity contribution is 5.75. The minimum Gasteiger partial charge on any atom is -0.497 e. The maximum atomic E-state index is 11.7. The van der Waals surface area contributed by atoms with Crippen LogP contribution in [0.5, 0.6) is 5.75 Å². The summed E-state index contributed by atoms with van der Waals surface area (Å²) in [5.41, 5.74) is 1.20. The van der Waals surface area contributed by atoms with E-state index in [2.05, 4.69) is 17.4 Å². The number of esters is 1. The Labute approximate surface area is 120 Å². The van der Waals surface area contributed by atoms with E-state index in [1.807, 2.05) is 26.0 Å². The Morgan fingerprint density at radius 1 is 1.35 bits per heavy atom. The predicted octanol–water partition coefficient (Wildman–Crippen LogP) is 2.69. The first-order chi connectivity index (χ1) is 9.65. The Bertz CT molecular complexity index is 440. The number of hydrogen-bond donors (Lipinski definition) is 1. The minimum atomic E-state index is -0.289. The van der Waals surface area contributed by atoms with Crippen LogP contribution in [0.4, 0.5) is 0 Å². The number of benzene rings is 1. The average Bonchev–Trinajstić information content (AvgIpc) is 3.29. The summed E-state index contributed by atoms with van der Waals surface area (Å²) >= 11 is 0. The van der Waals surface area contributed by atoms with Gasteiger partial charge in [0.05, 0.1) is 13.7 Å². The van der Waals surface area contributed by atoms with E-state index in [4.69, 9.17) is 9.47 Å². The zero-order valence-electron chi connectivity index (χ0n) is 12.4. The lowest BCUT2D eigenvalue weighted by Gasteiger charge is -2.23. The van der Waals surface area contributed by atoms with Crippen molar-refractivity contribution < 1.29 is 14.3 Å². The van der Waals surface area contributed by atoms with Gasteiger partial charge < -0.3 is 9.47 Å². The van der Waals surface area contributed by atoms with E-state index in [9.17, 15) is 4.79 Å². The van der Waals surface area contributed by atoms with Crippen molar-refractivity contribution in [2.24, 2.45) is 5.92 Å². The van der Waals surface area contributed by atoms with Crippen molar-refractivity contribution in [3.8, 4) is 5.75 Å². The zero-order valence-corrected chi connectivity index (χ0v) is 12.4. The molecule has 4 nitrogen and oxygen atoms in total. The third kappa shape index (κ3) is 3.73. The Kier molecular flexibility index (Phi) is 5.01. The lowest BCUT2D eigenvalue weighted by molar-refractivity contribution is -0.145. The second kappa shape index (κ2) is 6.75. The Morgan fingerprint density at radius 3 is 2.50 bits per heavy atom. The van der Waals surface area contributed by atoms with Crippen LogP contribution in [-0.4, -0.2) is 25.7 Å². The van der Waals surface area contributed by atoms with Gasteiger partial charge in [0.25, 0.3) is 0 Å². The first-order valence-corrected chi connectivity index (χ1v) is 7.22. The number of rotatable bonds is 7. The zero-order chi connectivity index (χ0) is 14.5. The van der Waals surface area contributed by atoms with Crippen LogP contribution in [-0.2, 0) is 9.53 Å². The van der Waals surface area contributed by atoms with Gasteiger partial charge in [0, 0.05) is 6.04 Å². The van der Waals surface area contributed by atoms with Crippen LogP contribution in [0.15, 0.2) is 24.3 Å². The molecule has 1 aromatic carbocycles. The van der Waals surface area contributed by atoms with Crippen LogP contribution in [0, 0.1) is 5.92 Å². The molecule has 0 aromatic heterocycles. The molecule has 2 rings (SSSR count). The van der Waals surface area contributed by atoms with Crippen molar-refractivity contribution in [2.45, 2.75) is 38.8 Å². The van der Waals surface area contributed by atoms with Gasteiger partial charge in [0.2, 0.25) is 0 Å². The van der Waals surface area contributed by atoms with Gasteiger partial charge in [-0.15, -0.1) is 0 Å². The molecule has 0 bridgehead atoms. The maximum Gasteiger partial charge on any atom is 0.322 e. The van der Waals surface area contributed by atoms with Crippen molar-refractivity contribution in [1.29, 1.82) is 0 Å². The molecule has 0 spiro atoms. The van der Waals surface area contributed by atoms with E-state index in [-0.39, 0.29) is 18.1 Å². The third-order valence-electron chi connectivity index (χ3n) is 3.64. The quantitative estimate of drug-likeness (QED) is 0.778. The van der Waals surface area contributed by atoms with Gasteiger partial charge in [-0.1, -0.05) is 12.1 Å².